The fourth-order valence-corrected chi connectivity index (χ4v) is 2.69. The number of amides is 1. The number of ether oxygens (including phenoxy) is 1. The Labute approximate surface area is 133 Å². The second kappa shape index (κ2) is 8.44. The number of thioether (sulfide) groups is 1. The molecule has 0 fully saturated rings. The van der Waals surface area contributed by atoms with Crippen LogP contribution in [0.2, 0.25) is 0 Å². The second-order valence-electron chi connectivity index (χ2n) is 4.71. The average molecular weight is 319 g/mol. The summed E-state index contributed by atoms with van der Waals surface area (Å²) in [5, 5.41) is 2.72. The first kappa shape index (κ1) is 16.4. The first-order valence-electron chi connectivity index (χ1n) is 6.90. The third-order valence-corrected chi connectivity index (χ3v) is 4.10. The van der Waals surface area contributed by atoms with E-state index in [-0.39, 0.29) is 18.3 Å². The minimum Gasteiger partial charge on any atom is -0.497 e. The number of hydrogen-bond acceptors (Lipinski definition) is 3. The van der Waals surface area contributed by atoms with Crippen LogP contribution >= 0.6 is 11.8 Å². The number of nitrogens with one attached hydrogen (secondary N) is 1. The first-order valence-corrected chi connectivity index (χ1v) is 8.05. The summed E-state index contributed by atoms with van der Waals surface area (Å²) in [6.45, 7) is 0.217. The Kier molecular flexibility index (Phi) is 6.27. The third-order valence-electron chi connectivity index (χ3n) is 3.09. The Morgan fingerprint density at radius 2 is 1.91 bits per heavy atom. The molecule has 0 radical (unpaired) electrons. The molecule has 0 saturated carbocycles. The number of carbonyl (C=O) groups is 1. The summed E-state index contributed by atoms with van der Waals surface area (Å²) in [5.74, 6) is 1.52. The Morgan fingerprint density at radius 1 is 1.18 bits per heavy atom. The van der Waals surface area contributed by atoms with E-state index in [0.717, 1.165) is 17.1 Å². The lowest BCUT2D eigenvalue weighted by molar-refractivity contribution is -0.118. The Balaban J connectivity index is 1.70. The number of benzene rings is 2. The monoisotopic (exact) mass is 319 g/mol. The molecule has 0 atom stereocenters. The van der Waals surface area contributed by atoms with Crippen LogP contribution < -0.4 is 10.1 Å². The molecule has 3 nitrogen and oxygen atoms in total. The predicted octanol–water partition coefficient (Wildman–Crippen LogP) is 3.38. The van der Waals surface area contributed by atoms with Gasteiger partial charge in [0, 0.05) is 17.9 Å². The molecule has 1 N–H and O–H groups in total. The summed E-state index contributed by atoms with van der Waals surface area (Å²) < 4.78 is 18.5. The number of halogens is 1. The fraction of sp³-hybridized carbons (Fsp3) is 0.235. The molecule has 0 aliphatic heterocycles. The van der Waals surface area contributed by atoms with Gasteiger partial charge in [-0.2, -0.15) is 0 Å². The van der Waals surface area contributed by atoms with Gasteiger partial charge in [0.05, 0.1) is 12.9 Å². The molecule has 0 aliphatic carbocycles. The second-order valence-corrected chi connectivity index (χ2v) is 5.69. The zero-order valence-electron chi connectivity index (χ0n) is 12.3. The van der Waals surface area contributed by atoms with Crippen LogP contribution in [0.25, 0.3) is 0 Å². The van der Waals surface area contributed by atoms with E-state index >= 15 is 0 Å². The number of rotatable bonds is 7. The molecular formula is C17H18FNO2S. The number of carbonyl (C=O) groups excluding carboxylic acids is 1. The molecule has 5 heteroatoms. The van der Waals surface area contributed by atoms with Gasteiger partial charge in [-0.05, 0) is 23.8 Å². The summed E-state index contributed by atoms with van der Waals surface area (Å²) in [5.41, 5.74) is 1.63. The molecule has 2 aromatic carbocycles. The smallest absolute Gasteiger partial charge is 0.230 e. The van der Waals surface area contributed by atoms with Crippen LogP contribution in [-0.2, 0) is 17.1 Å². The van der Waals surface area contributed by atoms with Crippen molar-refractivity contribution in [3.05, 3.63) is 65.5 Å². The van der Waals surface area contributed by atoms with Gasteiger partial charge >= 0.3 is 0 Å². The van der Waals surface area contributed by atoms with Gasteiger partial charge in [0.2, 0.25) is 5.91 Å². The molecule has 22 heavy (non-hydrogen) atoms. The van der Waals surface area contributed by atoms with Crippen LogP contribution in [0.15, 0.2) is 48.5 Å². The van der Waals surface area contributed by atoms with Gasteiger partial charge in [-0.1, -0.05) is 30.3 Å². The van der Waals surface area contributed by atoms with Crippen LogP contribution in [-0.4, -0.2) is 18.8 Å². The van der Waals surface area contributed by atoms with E-state index in [2.05, 4.69) is 5.32 Å². The van der Waals surface area contributed by atoms with E-state index < -0.39 is 0 Å². The molecule has 0 bridgehead atoms. The first-order chi connectivity index (χ1) is 10.7. The lowest BCUT2D eigenvalue weighted by Gasteiger charge is -2.06. The molecule has 0 unspecified atom stereocenters. The Bertz CT molecular complexity index is 616. The number of methoxy groups -OCH3 is 1. The zero-order chi connectivity index (χ0) is 15.8. The zero-order valence-corrected chi connectivity index (χ0v) is 13.2. The molecule has 0 heterocycles. The van der Waals surface area contributed by atoms with Gasteiger partial charge < -0.3 is 10.1 Å². The molecule has 0 spiro atoms. The van der Waals surface area contributed by atoms with Crippen molar-refractivity contribution in [2.24, 2.45) is 0 Å². The van der Waals surface area contributed by atoms with Crippen molar-refractivity contribution in [2.45, 2.75) is 12.3 Å². The standard InChI is InChI=1S/C17H18FNO2S/c1-21-15-8-6-13(7-9-15)11-22-12-17(20)19-10-14-4-2-3-5-16(14)18/h2-9H,10-12H2,1H3,(H,19,20). The van der Waals surface area contributed by atoms with Gasteiger partial charge in [0.15, 0.2) is 0 Å². The number of hydrogen-bond donors (Lipinski definition) is 1. The minimum atomic E-state index is -0.298. The highest BCUT2D eigenvalue weighted by Crippen LogP contribution is 2.16. The van der Waals surface area contributed by atoms with Crippen LogP contribution in [0.1, 0.15) is 11.1 Å². The molecular weight excluding hydrogens is 301 g/mol. The molecule has 0 aromatic heterocycles. The lowest BCUT2D eigenvalue weighted by Crippen LogP contribution is -2.25. The molecule has 116 valence electrons. The third kappa shape index (κ3) is 5.07. The summed E-state index contributed by atoms with van der Waals surface area (Å²) in [6.07, 6.45) is 0. The van der Waals surface area contributed by atoms with Crippen molar-refractivity contribution in [3.8, 4) is 5.75 Å². The maximum Gasteiger partial charge on any atom is 0.230 e. The minimum absolute atomic E-state index is 0.0956. The maximum atomic E-state index is 13.4. The van der Waals surface area contributed by atoms with Crippen molar-refractivity contribution in [1.82, 2.24) is 5.32 Å². The summed E-state index contributed by atoms with van der Waals surface area (Å²) in [4.78, 5) is 11.7. The van der Waals surface area contributed by atoms with Crippen molar-refractivity contribution in [1.29, 1.82) is 0 Å². The van der Waals surface area contributed by atoms with Gasteiger partial charge in [-0.25, -0.2) is 4.39 Å². The van der Waals surface area contributed by atoms with Crippen molar-refractivity contribution >= 4 is 17.7 Å². The molecule has 1 amide bonds. The highest BCUT2D eigenvalue weighted by atomic mass is 32.2. The largest absolute Gasteiger partial charge is 0.497 e. The van der Waals surface area contributed by atoms with Gasteiger partial charge in [0.25, 0.3) is 0 Å². The van der Waals surface area contributed by atoms with Crippen molar-refractivity contribution < 1.29 is 13.9 Å². The highest BCUT2D eigenvalue weighted by molar-refractivity contribution is 7.99. The van der Waals surface area contributed by atoms with Gasteiger partial charge in [0.1, 0.15) is 11.6 Å². The maximum absolute atomic E-state index is 13.4. The Morgan fingerprint density at radius 3 is 2.59 bits per heavy atom. The van der Waals surface area contributed by atoms with E-state index in [0.29, 0.717) is 11.3 Å². The van der Waals surface area contributed by atoms with Crippen LogP contribution in [0.3, 0.4) is 0 Å². The van der Waals surface area contributed by atoms with E-state index in [1.165, 1.54) is 17.8 Å². The molecule has 0 aliphatic rings. The summed E-state index contributed by atoms with van der Waals surface area (Å²) in [7, 11) is 1.63. The van der Waals surface area contributed by atoms with Crippen LogP contribution in [0.4, 0.5) is 4.39 Å². The van der Waals surface area contributed by atoms with E-state index in [9.17, 15) is 9.18 Å². The topological polar surface area (TPSA) is 38.3 Å². The van der Waals surface area contributed by atoms with E-state index in [1.807, 2.05) is 24.3 Å². The Hall–Kier alpha value is -2.01. The van der Waals surface area contributed by atoms with Crippen molar-refractivity contribution in [3.63, 3.8) is 0 Å². The quantitative estimate of drug-likeness (QED) is 0.850. The van der Waals surface area contributed by atoms with Crippen LogP contribution in [0.5, 0.6) is 5.75 Å². The normalized spacial score (nSPS) is 10.3. The van der Waals surface area contributed by atoms with E-state index in [4.69, 9.17) is 4.74 Å². The van der Waals surface area contributed by atoms with Crippen molar-refractivity contribution in [2.75, 3.05) is 12.9 Å². The molecule has 2 rings (SSSR count). The van der Waals surface area contributed by atoms with E-state index in [1.54, 1.807) is 25.3 Å². The fourth-order valence-electron chi connectivity index (χ4n) is 1.87. The lowest BCUT2D eigenvalue weighted by atomic mass is 10.2. The SMILES string of the molecule is COc1ccc(CSCC(=O)NCc2ccccc2F)cc1. The van der Waals surface area contributed by atoms with Crippen LogP contribution in [0, 0.1) is 5.82 Å². The summed E-state index contributed by atoms with van der Waals surface area (Å²) >= 11 is 1.52. The predicted molar refractivity (Wildman–Crippen MR) is 87.4 cm³/mol. The van der Waals surface area contributed by atoms with Gasteiger partial charge in [-0.15, -0.1) is 11.8 Å². The molecule has 2 aromatic rings. The highest BCUT2D eigenvalue weighted by Gasteiger charge is 2.05. The summed E-state index contributed by atoms with van der Waals surface area (Å²) in [6, 6.07) is 14.2. The molecule has 0 saturated heterocycles. The average Bonchev–Trinajstić information content (AvgIpc) is 2.55. The van der Waals surface area contributed by atoms with Gasteiger partial charge in [-0.3, -0.25) is 4.79 Å².